The lowest BCUT2D eigenvalue weighted by Crippen LogP contribution is -2.43. The highest BCUT2D eigenvalue weighted by Crippen LogP contribution is 2.20. The molecule has 0 saturated carbocycles. The molecule has 0 aromatic carbocycles. The van der Waals surface area contributed by atoms with Crippen molar-refractivity contribution in [2.24, 2.45) is 5.92 Å². The lowest BCUT2D eigenvalue weighted by atomic mass is 9.95. The predicted octanol–water partition coefficient (Wildman–Crippen LogP) is 2.04. The summed E-state index contributed by atoms with van der Waals surface area (Å²) >= 11 is 0. The zero-order chi connectivity index (χ0) is 13.5. The number of hydrogen-bond acceptors (Lipinski definition) is 3. The van der Waals surface area contributed by atoms with Crippen molar-refractivity contribution in [1.82, 2.24) is 15.1 Å². The third kappa shape index (κ3) is 6.17. The van der Waals surface area contributed by atoms with Crippen LogP contribution in [0.25, 0.3) is 0 Å². The Labute approximate surface area is 114 Å². The Bertz CT molecular complexity index is 208. The van der Waals surface area contributed by atoms with Crippen molar-refractivity contribution in [3.8, 4) is 0 Å². The van der Waals surface area contributed by atoms with Crippen LogP contribution in [-0.2, 0) is 0 Å². The van der Waals surface area contributed by atoms with Crippen molar-refractivity contribution < 1.29 is 0 Å². The van der Waals surface area contributed by atoms with E-state index in [9.17, 15) is 0 Å². The van der Waals surface area contributed by atoms with Gasteiger partial charge in [-0.2, -0.15) is 0 Å². The first kappa shape index (κ1) is 15.9. The number of nitrogens with zero attached hydrogens (tertiary/aromatic N) is 2. The molecule has 1 saturated heterocycles. The Hall–Kier alpha value is -0.120. The second kappa shape index (κ2) is 8.13. The van der Waals surface area contributed by atoms with Crippen LogP contribution >= 0.6 is 0 Å². The molecule has 0 aromatic rings. The van der Waals surface area contributed by atoms with Gasteiger partial charge in [-0.1, -0.05) is 13.8 Å². The minimum absolute atomic E-state index is 0.614. The molecule has 1 rings (SSSR count). The summed E-state index contributed by atoms with van der Waals surface area (Å²) in [5.41, 5.74) is 0. The first-order valence-corrected chi connectivity index (χ1v) is 7.61. The van der Waals surface area contributed by atoms with Crippen molar-refractivity contribution in [2.75, 3.05) is 40.3 Å². The van der Waals surface area contributed by atoms with E-state index >= 15 is 0 Å². The van der Waals surface area contributed by atoms with Crippen LogP contribution in [0.1, 0.15) is 40.0 Å². The molecule has 0 bridgehead atoms. The minimum atomic E-state index is 0.614. The van der Waals surface area contributed by atoms with E-state index in [2.05, 4.69) is 50.0 Å². The average Bonchev–Trinajstić information content (AvgIpc) is 2.28. The van der Waals surface area contributed by atoms with E-state index in [1.54, 1.807) is 0 Å². The fourth-order valence-corrected chi connectivity index (χ4v) is 2.86. The zero-order valence-corrected chi connectivity index (χ0v) is 13.1. The quantitative estimate of drug-likeness (QED) is 0.751. The number of nitrogens with one attached hydrogen (secondary N) is 1. The van der Waals surface area contributed by atoms with Crippen molar-refractivity contribution in [2.45, 2.75) is 52.1 Å². The molecule has 1 aliphatic heterocycles. The zero-order valence-electron chi connectivity index (χ0n) is 13.1. The molecule has 1 unspecified atom stereocenters. The summed E-state index contributed by atoms with van der Waals surface area (Å²) in [7, 11) is 4.37. The third-order valence-corrected chi connectivity index (χ3v) is 4.01. The van der Waals surface area contributed by atoms with E-state index in [0.29, 0.717) is 6.04 Å². The Morgan fingerprint density at radius 1 is 1.17 bits per heavy atom. The lowest BCUT2D eigenvalue weighted by molar-refractivity contribution is 0.122. The van der Waals surface area contributed by atoms with Crippen LogP contribution < -0.4 is 5.32 Å². The average molecular weight is 255 g/mol. The summed E-state index contributed by atoms with van der Waals surface area (Å²) in [5, 5.41) is 3.52. The van der Waals surface area contributed by atoms with Gasteiger partial charge in [-0.05, 0) is 65.8 Å². The van der Waals surface area contributed by atoms with E-state index in [-0.39, 0.29) is 0 Å². The lowest BCUT2D eigenvalue weighted by Gasteiger charge is -2.37. The second-order valence-corrected chi connectivity index (χ2v) is 6.49. The standard InChI is InChI=1S/C15H33N3/c1-13(2)16-9-6-14(3)18-10-7-15(8-11-18)12-17(4)5/h13-16H,6-12H2,1-5H3. The van der Waals surface area contributed by atoms with Gasteiger partial charge in [-0.3, -0.25) is 0 Å². The van der Waals surface area contributed by atoms with Crippen LogP contribution in [-0.4, -0.2) is 62.2 Å². The van der Waals surface area contributed by atoms with Gasteiger partial charge in [0, 0.05) is 18.6 Å². The fourth-order valence-electron chi connectivity index (χ4n) is 2.86. The van der Waals surface area contributed by atoms with Gasteiger partial charge < -0.3 is 15.1 Å². The maximum absolute atomic E-state index is 3.52. The maximum Gasteiger partial charge on any atom is 0.00790 e. The smallest absolute Gasteiger partial charge is 0.00790 e. The molecular formula is C15H33N3. The SMILES string of the molecule is CC(C)NCCC(C)N1CCC(CN(C)C)CC1. The molecular weight excluding hydrogens is 222 g/mol. The first-order chi connectivity index (χ1) is 8.49. The summed E-state index contributed by atoms with van der Waals surface area (Å²) in [6, 6.07) is 1.35. The van der Waals surface area contributed by atoms with E-state index in [4.69, 9.17) is 0 Å². The molecule has 0 amide bonds. The monoisotopic (exact) mass is 255 g/mol. The Morgan fingerprint density at radius 2 is 1.78 bits per heavy atom. The summed E-state index contributed by atoms with van der Waals surface area (Å²) in [6.07, 6.45) is 4.02. The van der Waals surface area contributed by atoms with E-state index in [1.807, 2.05) is 0 Å². The summed E-state index contributed by atoms with van der Waals surface area (Å²) in [6.45, 7) is 11.8. The molecule has 1 atom stereocenters. The Kier molecular flexibility index (Phi) is 7.20. The van der Waals surface area contributed by atoms with Gasteiger partial charge in [-0.25, -0.2) is 0 Å². The van der Waals surface area contributed by atoms with Crippen LogP contribution in [0.15, 0.2) is 0 Å². The first-order valence-electron chi connectivity index (χ1n) is 7.61. The van der Waals surface area contributed by atoms with Crippen LogP contribution in [0, 0.1) is 5.92 Å². The Morgan fingerprint density at radius 3 is 2.28 bits per heavy atom. The second-order valence-electron chi connectivity index (χ2n) is 6.49. The maximum atomic E-state index is 3.52. The normalized spacial score (nSPS) is 20.8. The number of likely N-dealkylation sites (tertiary alicyclic amines) is 1. The van der Waals surface area contributed by atoms with Gasteiger partial charge in [0.25, 0.3) is 0 Å². The highest BCUT2D eigenvalue weighted by atomic mass is 15.2. The molecule has 3 heteroatoms. The van der Waals surface area contributed by atoms with Crippen molar-refractivity contribution in [3.05, 3.63) is 0 Å². The third-order valence-electron chi connectivity index (χ3n) is 4.01. The molecule has 1 aliphatic rings. The van der Waals surface area contributed by atoms with Gasteiger partial charge in [0.2, 0.25) is 0 Å². The van der Waals surface area contributed by atoms with Gasteiger partial charge in [0.15, 0.2) is 0 Å². The minimum Gasteiger partial charge on any atom is -0.314 e. The molecule has 0 aliphatic carbocycles. The number of hydrogen-bond donors (Lipinski definition) is 1. The van der Waals surface area contributed by atoms with Crippen LogP contribution in [0.4, 0.5) is 0 Å². The Balaban J connectivity index is 2.17. The number of rotatable bonds is 7. The largest absolute Gasteiger partial charge is 0.314 e. The molecule has 0 spiro atoms. The van der Waals surface area contributed by atoms with Crippen molar-refractivity contribution >= 4 is 0 Å². The summed E-state index contributed by atoms with van der Waals surface area (Å²) in [5.74, 6) is 0.914. The van der Waals surface area contributed by atoms with Gasteiger partial charge in [0.05, 0.1) is 0 Å². The topological polar surface area (TPSA) is 18.5 Å². The molecule has 18 heavy (non-hydrogen) atoms. The van der Waals surface area contributed by atoms with Gasteiger partial charge in [-0.15, -0.1) is 0 Å². The van der Waals surface area contributed by atoms with Crippen LogP contribution in [0.3, 0.4) is 0 Å². The van der Waals surface area contributed by atoms with Crippen molar-refractivity contribution in [3.63, 3.8) is 0 Å². The molecule has 1 fully saturated rings. The van der Waals surface area contributed by atoms with Crippen molar-refractivity contribution in [1.29, 1.82) is 0 Å². The van der Waals surface area contributed by atoms with Gasteiger partial charge in [0.1, 0.15) is 0 Å². The van der Waals surface area contributed by atoms with Gasteiger partial charge >= 0.3 is 0 Å². The van der Waals surface area contributed by atoms with E-state index in [1.165, 1.54) is 38.9 Å². The van der Waals surface area contributed by atoms with Crippen LogP contribution in [0.5, 0.6) is 0 Å². The highest BCUT2D eigenvalue weighted by molar-refractivity contribution is 4.77. The molecule has 1 N–H and O–H groups in total. The molecule has 108 valence electrons. The number of piperidine rings is 1. The molecule has 0 radical (unpaired) electrons. The summed E-state index contributed by atoms with van der Waals surface area (Å²) in [4.78, 5) is 5.00. The predicted molar refractivity (Wildman–Crippen MR) is 80.1 cm³/mol. The van der Waals surface area contributed by atoms with E-state index < -0.39 is 0 Å². The van der Waals surface area contributed by atoms with Crippen LogP contribution in [0.2, 0.25) is 0 Å². The highest BCUT2D eigenvalue weighted by Gasteiger charge is 2.22. The molecule has 1 heterocycles. The fraction of sp³-hybridized carbons (Fsp3) is 1.00. The van der Waals surface area contributed by atoms with E-state index in [0.717, 1.165) is 18.5 Å². The molecule has 0 aromatic heterocycles. The molecule has 3 nitrogen and oxygen atoms in total. The summed E-state index contributed by atoms with van der Waals surface area (Å²) < 4.78 is 0.